The lowest BCUT2D eigenvalue weighted by molar-refractivity contribution is -0.134. The molecular weight excluding hydrogens is 271 g/mol. The van der Waals surface area contributed by atoms with Crippen molar-refractivity contribution < 1.29 is 14.0 Å². The van der Waals surface area contributed by atoms with E-state index in [9.17, 15) is 14.0 Å². The number of hydrogen-bond donors (Lipinski definition) is 0. The third kappa shape index (κ3) is 2.77. The van der Waals surface area contributed by atoms with Crippen LogP contribution >= 0.6 is 0 Å². The zero-order valence-corrected chi connectivity index (χ0v) is 12.1. The van der Waals surface area contributed by atoms with Crippen LogP contribution in [0, 0.1) is 18.7 Å². The van der Waals surface area contributed by atoms with Gasteiger partial charge >= 0.3 is 0 Å². The molecule has 0 bridgehead atoms. The van der Waals surface area contributed by atoms with Crippen molar-refractivity contribution in [3.8, 4) is 0 Å². The van der Waals surface area contributed by atoms with Crippen molar-refractivity contribution in [3.63, 3.8) is 0 Å². The van der Waals surface area contributed by atoms with Crippen molar-refractivity contribution in [2.75, 3.05) is 26.2 Å². The summed E-state index contributed by atoms with van der Waals surface area (Å²) in [6, 6.07) is 4.86. The number of carbonyl (C=O) groups is 2. The molecule has 1 heterocycles. The van der Waals surface area contributed by atoms with E-state index in [2.05, 4.69) is 0 Å². The number of rotatable bonds is 2. The van der Waals surface area contributed by atoms with Crippen LogP contribution in [0.4, 0.5) is 4.39 Å². The van der Waals surface area contributed by atoms with Gasteiger partial charge in [0.15, 0.2) is 0 Å². The van der Waals surface area contributed by atoms with Gasteiger partial charge in [0.2, 0.25) is 5.91 Å². The summed E-state index contributed by atoms with van der Waals surface area (Å²) in [6.07, 6.45) is 1.99. The summed E-state index contributed by atoms with van der Waals surface area (Å²) in [7, 11) is 0. The molecule has 2 fully saturated rings. The number of piperazine rings is 1. The van der Waals surface area contributed by atoms with Crippen LogP contribution in [0.2, 0.25) is 0 Å². The molecule has 2 aliphatic rings. The first-order valence-electron chi connectivity index (χ1n) is 7.41. The summed E-state index contributed by atoms with van der Waals surface area (Å²) in [6.45, 7) is 3.71. The number of halogens is 1. The predicted octanol–water partition coefficient (Wildman–Crippen LogP) is 1.83. The fraction of sp³-hybridized carbons (Fsp3) is 0.500. The summed E-state index contributed by atoms with van der Waals surface area (Å²) in [5.41, 5.74) is 0.598. The topological polar surface area (TPSA) is 40.6 Å². The molecule has 3 rings (SSSR count). The zero-order valence-electron chi connectivity index (χ0n) is 12.1. The minimum Gasteiger partial charge on any atom is -0.339 e. The number of carbonyl (C=O) groups excluding carboxylic acids is 2. The number of nitrogens with zero attached hydrogens (tertiary/aromatic N) is 2. The van der Waals surface area contributed by atoms with Gasteiger partial charge in [0, 0.05) is 32.1 Å². The molecule has 0 spiro atoms. The highest BCUT2D eigenvalue weighted by atomic mass is 19.1. The molecule has 0 atom stereocenters. The monoisotopic (exact) mass is 290 g/mol. The molecule has 1 saturated heterocycles. The van der Waals surface area contributed by atoms with Gasteiger partial charge in [0.1, 0.15) is 5.82 Å². The van der Waals surface area contributed by atoms with Crippen molar-refractivity contribution in [1.29, 1.82) is 0 Å². The van der Waals surface area contributed by atoms with Crippen LogP contribution < -0.4 is 0 Å². The summed E-state index contributed by atoms with van der Waals surface area (Å²) in [5.74, 6) is -0.306. The third-order valence-electron chi connectivity index (χ3n) is 4.23. The Labute approximate surface area is 123 Å². The Morgan fingerprint density at radius 2 is 1.71 bits per heavy atom. The van der Waals surface area contributed by atoms with Gasteiger partial charge in [0.05, 0.1) is 5.56 Å². The van der Waals surface area contributed by atoms with E-state index >= 15 is 0 Å². The van der Waals surface area contributed by atoms with Gasteiger partial charge < -0.3 is 9.80 Å². The van der Waals surface area contributed by atoms with E-state index < -0.39 is 5.82 Å². The van der Waals surface area contributed by atoms with E-state index in [4.69, 9.17) is 0 Å². The van der Waals surface area contributed by atoms with Gasteiger partial charge in [-0.05, 0) is 31.4 Å². The molecule has 1 aliphatic heterocycles. The fourth-order valence-electron chi connectivity index (χ4n) is 2.70. The molecular formula is C16H19FN2O2. The lowest BCUT2D eigenvalue weighted by Gasteiger charge is -2.35. The third-order valence-corrected chi connectivity index (χ3v) is 4.23. The van der Waals surface area contributed by atoms with Crippen LogP contribution in [0.15, 0.2) is 18.2 Å². The zero-order chi connectivity index (χ0) is 15.0. The summed E-state index contributed by atoms with van der Waals surface area (Å²) < 4.78 is 14.0. The predicted molar refractivity (Wildman–Crippen MR) is 76.3 cm³/mol. The molecule has 1 aromatic rings. The average molecular weight is 290 g/mol. The molecule has 0 radical (unpaired) electrons. The van der Waals surface area contributed by atoms with Crippen molar-refractivity contribution in [2.45, 2.75) is 19.8 Å². The van der Waals surface area contributed by atoms with Crippen molar-refractivity contribution >= 4 is 11.8 Å². The highest BCUT2D eigenvalue weighted by molar-refractivity contribution is 5.95. The van der Waals surface area contributed by atoms with Crippen LogP contribution in [0.25, 0.3) is 0 Å². The second-order valence-electron chi connectivity index (χ2n) is 5.83. The molecule has 0 aromatic heterocycles. The van der Waals surface area contributed by atoms with Crippen LogP contribution in [0.3, 0.4) is 0 Å². The maximum atomic E-state index is 14.0. The Hall–Kier alpha value is -1.91. The van der Waals surface area contributed by atoms with Gasteiger partial charge in [-0.15, -0.1) is 0 Å². The SMILES string of the molecule is Cc1cccc(C(=O)N2CCN(C(=O)C3CC3)CC2)c1F. The van der Waals surface area contributed by atoms with E-state index in [1.807, 2.05) is 4.90 Å². The first-order chi connectivity index (χ1) is 10.1. The summed E-state index contributed by atoms with van der Waals surface area (Å²) >= 11 is 0. The first-order valence-corrected chi connectivity index (χ1v) is 7.41. The fourth-order valence-corrected chi connectivity index (χ4v) is 2.70. The van der Waals surface area contributed by atoms with Crippen molar-refractivity contribution in [3.05, 3.63) is 35.1 Å². The van der Waals surface area contributed by atoms with Crippen molar-refractivity contribution in [2.24, 2.45) is 5.92 Å². The molecule has 112 valence electrons. The number of hydrogen-bond acceptors (Lipinski definition) is 2. The number of aryl methyl sites for hydroxylation is 1. The second-order valence-corrected chi connectivity index (χ2v) is 5.83. The minimum absolute atomic E-state index is 0.122. The Morgan fingerprint density at radius 3 is 2.33 bits per heavy atom. The Balaban J connectivity index is 1.64. The molecule has 0 N–H and O–H groups in total. The van der Waals surface area contributed by atoms with Gasteiger partial charge in [-0.3, -0.25) is 9.59 Å². The Morgan fingerprint density at radius 1 is 1.10 bits per heavy atom. The largest absolute Gasteiger partial charge is 0.339 e. The quantitative estimate of drug-likeness (QED) is 0.834. The lowest BCUT2D eigenvalue weighted by atomic mass is 10.1. The summed E-state index contributed by atoms with van der Waals surface area (Å²) in [5, 5.41) is 0. The average Bonchev–Trinajstić information content (AvgIpc) is 3.33. The van der Waals surface area contributed by atoms with Gasteiger partial charge in [-0.2, -0.15) is 0 Å². The van der Waals surface area contributed by atoms with Crippen molar-refractivity contribution in [1.82, 2.24) is 9.80 Å². The number of benzene rings is 1. The highest BCUT2D eigenvalue weighted by Gasteiger charge is 2.35. The van der Waals surface area contributed by atoms with Gasteiger partial charge in [0.25, 0.3) is 5.91 Å². The normalized spacial score (nSPS) is 18.8. The van der Waals surface area contributed by atoms with E-state index in [-0.39, 0.29) is 23.3 Å². The molecule has 1 aromatic carbocycles. The maximum Gasteiger partial charge on any atom is 0.256 e. The highest BCUT2D eigenvalue weighted by Crippen LogP contribution is 2.31. The standard InChI is InChI=1S/C16H19FN2O2/c1-11-3-2-4-13(14(11)17)16(21)19-9-7-18(8-10-19)15(20)12-5-6-12/h2-4,12H,5-10H2,1H3. The lowest BCUT2D eigenvalue weighted by Crippen LogP contribution is -2.51. The van der Waals surface area contributed by atoms with E-state index in [1.54, 1.807) is 24.0 Å². The van der Waals surface area contributed by atoms with Crippen LogP contribution in [-0.2, 0) is 4.79 Å². The van der Waals surface area contributed by atoms with Gasteiger partial charge in [-0.1, -0.05) is 12.1 Å². The molecule has 1 saturated carbocycles. The van der Waals surface area contributed by atoms with E-state index in [0.717, 1.165) is 12.8 Å². The van der Waals surface area contributed by atoms with E-state index in [0.29, 0.717) is 31.7 Å². The molecule has 4 nitrogen and oxygen atoms in total. The second kappa shape index (κ2) is 5.47. The molecule has 2 amide bonds. The molecule has 1 aliphatic carbocycles. The maximum absolute atomic E-state index is 14.0. The van der Waals surface area contributed by atoms with Crippen LogP contribution in [0.1, 0.15) is 28.8 Å². The smallest absolute Gasteiger partial charge is 0.256 e. The Kier molecular flexibility index (Phi) is 3.66. The van der Waals surface area contributed by atoms with Gasteiger partial charge in [-0.25, -0.2) is 4.39 Å². The minimum atomic E-state index is -0.445. The Bertz CT molecular complexity index is 576. The molecule has 21 heavy (non-hydrogen) atoms. The first kappa shape index (κ1) is 14.0. The van der Waals surface area contributed by atoms with Crippen LogP contribution in [0.5, 0.6) is 0 Å². The van der Waals surface area contributed by atoms with E-state index in [1.165, 1.54) is 6.07 Å². The molecule has 0 unspecified atom stereocenters. The molecule has 5 heteroatoms. The number of amides is 2. The van der Waals surface area contributed by atoms with Crippen LogP contribution in [-0.4, -0.2) is 47.8 Å². The summed E-state index contributed by atoms with van der Waals surface area (Å²) in [4.78, 5) is 27.8.